The summed E-state index contributed by atoms with van der Waals surface area (Å²) in [7, 11) is 0. The molecule has 1 aliphatic heterocycles. The molecule has 0 unspecified atom stereocenters. The van der Waals surface area contributed by atoms with Crippen molar-refractivity contribution in [3.8, 4) is 0 Å². The van der Waals surface area contributed by atoms with Gasteiger partial charge >= 0.3 is 0 Å². The predicted octanol–water partition coefficient (Wildman–Crippen LogP) is -0.129. The first-order valence-electron chi connectivity index (χ1n) is 8.09. The Bertz CT molecular complexity index is 1060. The average molecular weight is 373 g/mol. The number of ether oxygens (including phenoxy) is 1. The lowest BCUT2D eigenvalue weighted by Gasteiger charge is -2.31. The van der Waals surface area contributed by atoms with Crippen LogP contribution in [0.4, 0.5) is 5.69 Å². The van der Waals surface area contributed by atoms with Crippen molar-refractivity contribution in [3.05, 3.63) is 63.0 Å². The number of non-ortho nitro benzene ring substituents is 1. The van der Waals surface area contributed by atoms with Crippen molar-refractivity contribution >= 4 is 16.9 Å². The first-order chi connectivity index (χ1) is 13.0. The van der Waals surface area contributed by atoms with E-state index in [1.54, 1.807) is 0 Å². The van der Waals surface area contributed by atoms with Crippen molar-refractivity contribution in [3.63, 3.8) is 0 Å². The van der Waals surface area contributed by atoms with Crippen LogP contribution < -0.4 is 5.56 Å². The van der Waals surface area contributed by atoms with Crippen LogP contribution in [-0.4, -0.2) is 53.5 Å². The quantitative estimate of drug-likeness (QED) is 0.422. The van der Waals surface area contributed by atoms with Gasteiger partial charge in [0, 0.05) is 24.1 Å². The van der Waals surface area contributed by atoms with Gasteiger partial charge < -0.3 is 19.9 Å². The van der Waals surface area contributed by atoms with Crippen molar-refractivity contribution in [1.29, 1.82) is 0 Å². The summed E-state index contributed by atoms with van der Waals surface area (Å²) in [5.41, 5.74) is -1.07. The van der Waals surface area contributed by atoms with Crippen molar-refractivity contribution < 1.29 is 19.9 Å². The molecule has 3 N–H and O–H groups in total. The van der Waals surface area contributed by atoms with Crippen molar-refractivity contribution in [1.82, 2.24) is 19.5 Å². The molecule has 3 aromatic rings. The van der Waals surface area contributed by atoms with Crippen LogP contribution in [0.3, 0.4) is 0 Å². The van der Waals surface area contributed by atoms with Gasteiger partial charge in [0.05, 0.1) is 30.3 Å². The molecule has 11 heteroatoms. The molecule has 1 aromatic carbocycles. The van der Waals surface area contributed by atoms with Crippen LogP contribution in [0, 0.1) is 10.1 Å². The van der Waals surface area contributed by atoms with E-state index < -0.39 is 35.0 Å². The fraction of sp³-hybridized carbons (Fsp3) is 0.312. The summed E-state index contributed by atoms with van der Waals surface area (Å²) >= 11 is 0. The smallest absolute Gasteiger partial charge is 0.278 e. The van der Waals surface area contributed by atoms with Gasteiger partial charge in [-0.1, -0.05) is 0 Å². The third-order valence-electron chi connectivity index (χ3n) is 4.70. The average Bonchev–Trinajstić information content (AvgIpc) is 3.24. The van der Waals surface area contributed by atoms with E-state index in [-0.39, 0.29) is 23.3 Å². The molecule has 0 amide bonds. The number of aliphatic hydroxyl groups excluding tert-OH is 2. The first kappa shape index (κ1) is 17.3. The molecule has 0 radical (unpaired) electrons. The van der Waals surface area contributed by atoms with Gasteiger partial charge in [-0.15, -0.1) is 0 Å². The van der Waals surface area contributed by atoms with Gasteiger partial charge in [0.2, 0.25) is 0 Å². The number of rotatable bonds is 4. The minimum Gasteiger partial charge on any atom is -0.394 e. The van der Waals surface area contributed by atoms with Crippen molar-refractivity contribution in [2.24, 2.45) is 0 Å². The number of hydrogen-bond acceptors (Lipinski definition) is 8. The molecular formula is C16H15N5O6. The summed E-state index contributed by atoms with van der Waals surface area (Å²) in [6.45, 7) is -0.420. The highest BCUT2D eigenvalue weighted by Gasteiger charge is 2.49. The highest BCUT2D eigenvalue weighted by molar-refractivity contribution is 5.69. The van der Waals surface area contributed by atoms with Crippen molar-refractivity contribution in [2.45, 2.75) is 24.4 Å². The van der Waals surface area contributed by atoms with Crippen LogP contribution in [-0.2, 0) is 10.5 Å². The Morgan fingerprint density at radius 2 is 2.11 bits per heavy atom. The van der Waals surface area contributed by atoms with Crippen LogP contribution in [0.2, 0.25) is 0 Å². The Hall–Kier alpha value is -3.15. The number of nitro groups is 1. The Balaban J connectivity index is 1.93. The van der Waals surface area contributed by atoms with Crippen LogP contribution in [0.25, 0.3) is 11.2 Å². The molecule has 27 heavy (non-hydrogen) atoms. The maximum absolute atomic E-state index is 12.0. The molecular weight excluding hydrogens is 358 g/mol. The molecule has 0 spiro atoms. The normalized spacial score (nSPS) is 25.1. The highest BCUT2D eigenvalue weighted by atomic mass is 16.6. The zero-order valence-electron chi connectivity index (χ0n) is 13.8. The Kier molecular flexibility index (Phi) is 3.98. The van der Waals surface area contributed by atoms with Crippen LogP contribution in [0.5, 0.6) is 0 Å². The van der Waals surface area contributed by atoms with Gasteiger partial charge in [-0.3, -0.25) is 19.5 Å². The van der Waals surface area contributed by atoms with Gasteiger partial charge in [0.25, 0.3) is 11.2 Å². The number of nitrogens with zero attached hydrogens (tertiary/aromatic N) is 4. The van der Waals surface area contributed by atoms with E-state index in [0.717, 1.165) is 0 Å². The number of nitrogens with one attached hydrogen (secondary N) is 1. The van der Waals surface area contributed by atoms with Gasteiger partial charge in [-0.05, 0) is 12.1 Å². The number of aromatic amines is 1. The van der Waals surface area contributed by atoms with Crippen LogP contribution in [0.15, 0.2) is 41.7 Å². The Labute approximate surface area is 151 Å². The molecule has 140 valence electrons. The van der Waals surface area contributed by atoms with Gasteiger partial charge in [-0.2, -0.15) is 0 Å². The number of imidazole rings is 1. The van der Waals surface area contributed by atoms with E-state index >= 15 is 0 Å². The molecule has 0 bridgehead atoms. The number of benzene rings is 1. The number of nitro benzene ring substituents is 1. The van der Waals surface area contributed by atoms with Gasteiger partial charge in [-0.25, -0.2) is 9.97 Å². The maximum Gasteiger partial charge on any atom is 0.278 e. The molecule has 0 aliphatic carbocycles. The highest BCUT2D eigenvalue weighted by Crippen LogP contribution is 2.42. The van der Waals surface area contributed by atoms with Crippen molar-refractivity contribution in [2.75, 3.05) is 6.61 Å². The second-order valence-corrected chi connectivity index (χ2v) is 6.22. The lowest BCUT2D eigenvalue weighted by molar-refractivity contribution is -0.384. The van der Waals surface area contributed by atoms with Gasteiger partial charge in [0.15, 0.2) is 16.9 Å². The van der Waals surface area contributed by atoms with E-state index in [1.807, 2.05) is 0 Å². The SMILES string of the molecule is O=c1[nH]cnc2c1ncn2[C@@]1(c2ccc([N+](=O)[O-])cc2)C[C@H](O)[C@@H](CO)O1. The van der Waals surface area contributed by atoms with Crippen LogP contribution in [0.1, 0.15) is 12.0 Å². The number of aliphatic hydroxyl groups is 2. The number of H-pyrrole nitrogens is 1. The molecule has 3 heterocycles. The first-order valence-corrected chi connectivity index (χ1v) is 8.09. The minimum absolute atomic E-state index is 0.0377. The third kappa shape index (κ3) is 2.60. The largest absolute Gasteiger partial charge is 0.394 e. The van der Waals surface area contributed by atoms with E-state index in [1.165, 1.54) is 41.5 Å². The standard InChI is InChI=1S/C16H15N5O6/c22-6-12-11(23)5-16(27-12,9-1-3-10(4-2-9)21(25)26)20-8-19-13-14(20)17-7-18-15(13)24/h1-4,7-8,11-12,22-23H,5-6H2,(H,17,18,24)/t11-,12+,16-/m0/s1. The fourth-order valence-electron chi connectivity index (χ4n) is 3.38. The topological polar surface area (TPSA) is 156 Å². The number of hydrogen-bond donors (Lipinski definition) is 3. The molecule has 1 fully saturated rings. The van der Waals surface area contributed by atoms with Crippen LogP contribution >= 0.6 is 0 Å². The minimum atomic E-state index is -1.34. The molecule has 0 saturated carbocycles. The molecule has 1 aliphatic rings. The Morgan fingerprint density at radius 3 is 2.74 bits per heavy atom. The second-order valence-electron chi connectivity index (χ2n) is 6.22. The summed E-state index contributed by atoms with van der Waals surface area (Å²) in [4.78, 5) is 33.1. The van der Waals surface area contributed by atoms with E-state index in [9.17, 15) is 25.1 Å². The molecule has 11 nitrogen and oxygen atoms in total. The lowest BCUT2D eigenvalue weighted by Crippen LogP contribution is -2.35. The number of aromatic nitrogens is 4. The van der Waals surface area contributed by atoms with Gasteiger partial charge in [0.1, 0.15) is 6.10 Å². The monoisotopic (exact) mass is 373 g/mol. The molecule has 1 saturated heterocycles. The van der Waals surface area contributed by atoms with E-state index in [0.29, 0.717) is 5.56 Å². The Morgan fingerprint density at radius 1 is 1.37 bits per heavy atom. The summed E-state index contributed by atoms with van der Waals surface area (Å²) in [5, 5.41) is 30.8. The molecule has 4 rings (SSSR count). The van der Waals surface area contributed by atoms with E-state index in [2.05, 4.69) is 15.0 Å². The zero-order valence-corrected chi connectivity index (χ0v) is 13.8. The third-order valence-corrected chi connectivity index (χ3v) is 4.70. The molecule has 3 atom stereocenters. The lowest BCUT2D eigenvalue weighted by atomic mass is 9.97. The fourth-order valence-corrected chi connectivity index (χ4v) is 3.38. The molecule has 2 aromatic heterocycles. The predicted molar refractivity (Wildman–Crippen MR) is 90.9 cm³/mol. The zero-order chi connectivity index (χ0) is 19.2. The number of fused-ring (bicyclic) bond motifs is 1. The summed E-state index contributed by atoms with van der Waals surface area (Å²) < 4.78 is 7.49. The van der Waals surface area contributed by atoms with E-state index in [4.69, 9.17) is 4.74 Å². The summed E-state index contributed by atoms with van der Waals surface area (Å²) in [6, 6.07) is 5.64. The maximum atomic E-state index is 12.0. The summed E-state index contributed by atoms with van der Waals surface area (Å²) in [5.74, 6) is 0. The second kappa shape index (κ2) is 6.23. The summed E-state index contributed by atoms with van der Waals surface area (Å²) in [6.07, 6.45) is 0.752.